The highest BCUT2D eigenvalue weighted by Crippen LogP contribution is 2.37. The molecule has 3 nitrogen and oxygen atoms in total. The molecule has 0 aliphatic carbocycles. The fourth-order valence-electron chi connectivity index (χ4n) is 8.45. The van der Waals surface area contributed by atoms with Crippen LogP contribution in [0.5, 0.6) is 0 Å². The van der Waals surface area contributed by atoms with Crippen LogP contribution < -0.4 is 0 Å². The van der Waals surface area contributed by atoms with E-state index in [-0.39, 0.29) is 0 Å². The van der Waals surface area contributed by atoms with Crippen molar-refractivity contribution < 1.29 is 0 Å². The summed E-state index contributed by atoms with van der Waals surface area (Å²) in [6, 6.07) is 75.3. The first kappa shape index (κ1) is 33.6. The third-order valence-corrected chi connectivity index (χ3v) is 11.3. The quantitative estimate of drug-likeness (QED) is 0.160. The zero-order valence-corrected chi connectivity index (χ0v) is 31.5. The van der Waals surface area contributed by atoms with Crippen molar-refractivity contribution in [3.8, 4) is 67.5 Å². The molecule has 1 heterocycles. The van der Waals surface area contributed by atoms with Gasteiger partial charge in [-0.25, -0.2) is 15.0 Å². The van der Waals surface area contributed by atoms with Crippen LogP contribution in [0, 0.1) is 0 Å². The predicted octanol–water partition coefficient (Wildman–Crippen LogP) is 14.5. The molecule has 0 saturated heterocycles. The minimum atomic E-state index is 0.627. The van der Waals surface area contributed by atoms with Crippen molar-refractivity contribution in [2.45, 2.75) is 0 Å². The van der Waals surface area contributed by atoms with Crippen LogP contribution in [0.25, 0.3) is 111 Å². The van der Waals surface area contributed by atoms with Gasteiger partial charge in [-0.1, -0.05) is 194 Å². The molecule has 58 heavy (non-hydrogen) atoms. The van der Waals surface area contributed by atoms with Crippen molar-refractivity contribution in [2.75, 3.05) is 0 Å². The number of nitrogens with zero attached hydrogens (tertiary/aromatic N) is 3. The number of hydrogen-bond acceptors (Lipinski definition) is 3. The lowest BCUT2D eigenvalue weighted by Gasteiger charge is -2.13. The first-order valence-electron chi connectivity index (χ1n) is 19.7. The van der Waals surface area contributed by atoms with Gasteiger partial charge in [0.05, 0.1) is 0 Å². The summed E-state index contributed by atoms with van der Waals surface area (Å²) >= 11 is 0. The molecule has 3 heteroatoms. The third-order valence-electron chi connectivity index (χ3n) is 11.3. The Morgan fingerprint density at radius 3 is 1.29 bits per heavy atom. The molecule has 0 aliphatic heterocycles. The summed E-state index contributed by atoms with van der Waals surface area (Å²) in [6.07, 6.45) is 0. The molecular weight excluding hydrogens is 703 g/mol. The van der Waals surface area contributed by atoms with E-state index >= 15 is 0 Å². The van der Waals surface area contributed by atoms with Gasteiger partial charge in [-0.05, 0) is 94.7 Å². The summed E-state index contributed by atoms with van der Waals surface area (Å²) in [5.74, 6) is 1.90. The Kier molecular flexibility index (Phi) is 8.15. The van der Waals surface area contributed by atoms with Crippen LogP contribution >= 0.6 is 0 Å². The Bertz CT molecular complexity index is 3340. The number of fused-ring (bicyclic) bond motifs is 5. The molecule has 0 fully saturated rings. The molecule has 0 N–H and O–H groups in total. The maximum absolute atomic E-state index is 5.27. The molecular formula is C55H35N3. The maximum Gasteiger partial charge on any atom is 0.164 e. The lowest BCUT2D eigenvalue weighted by atomic mass is 9.95. The Labute approximate surface area is 336 Å². The molecule has 0 radical (unpaired) electrons. The maximum atomic E-state index is 5.27. The average Bonchev–Trinajstić information content (AvgIpc) is 3.31. The van der Waals surface area contributed by atoms with Crippen molar-refractivity contribution in [1.29, 1.82) is 0 Å². The van der Waals surface area contributed by atoms with E-state index in [0.717, 1.165) is 44.2 Å². The molecule has 11 rings (SSSR count). The molecule has 0 bridgehead atoms. The van der Waals surface area contributed by atoms with Crippen LogP contribution in [0.2, 0.25) is 0 Å². The Morgan fingerprint density at radius 2 is 0.638 bits per heavy atom. The van der Waals surface area contributed by atoms with E-state index in [1.165, 1.54) is 49.0 Å². The minimum absolute atomic E-state index is 0.627. The highest BCUT2D eigenvalue weighted by atomic mass is 15.0. The van der Waals surface area contributed by atoms with E-state index < -0.39 is 0 Å². The Balaban J connectivity index is 1.06. The van der Waals surface area contributed by atoms with Gasteiger partial charge in [-0.2, -0.15) is 0 Å². The summed E-state index contributed by atoms with van der Waals surface area (Å²) in [5.41, 5.74) is 9.77. The standard InChI is InChI=1S/C55H35N3/c1-4-22-45-37(13-1)16-11-27-47(45)39-31-29-36(30-32-39)40-18-9-20-43(33-40)53-56-54(44-21-10-19-41(34-44)48-28-12-17-38-14-2-5-23-46(38)48)58-55(57-53)52-35-42-15-3-6-24-49(42)50-25-7-8-26-51(50)52/h1-35H. The van der Waals surface area contributed by atoms with Gasteiger partial charge in [0.15, 0.2) is 17.5 Å². The lowest BCUT2D eigenvalue weighted by molar-refractivity contribution is 1.08. The van der Waals surface area contributed by atoms with Crippen LogP contribution in [0.4, 0.5) is 0 Å². The van der Waals surface area contributed by atoms with E-state index in [1.54, 1.807) is 0 Å². The fourth-order valence-corrected chi connectivity index (χ4v) is 8.45. The smallest absolute Gasteiger partial charge is 0.164 e. The van der Waals surface area contributed by atoms with Crippen molar-refractivity contribution >= 4 is 43.1 Å². The zero-order chi connectivity index (χ0) is 38.4. The second kappa shape index (κ2) is 14.1. The second-order valence-electron chi connectivity index (χ2n) is 14.8. The molecule has 270 valence electrons. The van der Waals surface area contributed by atoms with Crippen LogP contribution in [-0.2, 0) is 0 Å². The number of aromatic nitrogens is 3. The van der Waals surface area contributed by atoms with Crippen molar-refractivity contribution in [3.63, 3.8) is 0 Å². The summed E-state index contributed by atoms with van der Waals surface area (Å²) in [6.45, 7) is 0. The molecule has 10 aromatic carbocycles. The normalized spacial score (nSPS) is 11.4. The lowest BCUT2D eigenvalue weighted by Crippen LogP contribution is -2.01. The molecule has 1 aromatic heterocycles. The molecule has 0 unspecified atom stereocenters. The first-order valence-corrected chi connectivity index (χ1v) is 19.7. The second-order valence-corrected chi connectivity index (χ2v) is 14.8. The molecule has 0 saturated carbocycles. The van der Waals surface area contributed by atoms with E-state index in [2.05, 4.69) is 212 Å². The van der Waals surface area contributed by atoms with Crippen LogP contribution in [0.3, 0.4) is 0 Å². The molecule has 11 aromatic rings. The molecule has 0 spiro atoms. The van der Waals surface area contributed by atoms with Gasteiger partial charge in [0.1, 0.15) is 0 Å². The highest BCUT2D eigenvalue weighted by molar-refractivity contribution is 6.13. The van der Waals surface area contributed by atoms with Crippen molar-refractivity contribution in [1.82, 2.24) is 15.0 Å². The molecule has 0 atom stereocenters. The van der Waals surface area contributed by atoms with E-state index in [4.69, 9.17) is 15.0 Å². The third kappa shape index (κ3) is 5.98. The predicted molar refractivity (Wildman–Crippen MR) is 242 cm³/mol. The average molecular weight is 738 g/mol. The highest BCUT2D eigenvalue weighted by Gasteiger charge is 2.17. The monoisotopic (exact) mass is 737 g/mol. The summed E-state index contributed by atoms with van der Waals surface area (Å²) in [7, 11) is 0. The topological polar surface area (TPSA) is 38.7 Å². The van der Waals surface area contributed by atoms with Gasteiger partial charge < -0.3 is 0 Å². The zero-order valence-electron chi connectivity index (χ0n) is 31.5. The van der Waals surface area contributed by atoms with Gasteiger partial charge in [-0.3, -0.25) is 0 Å². The first-order chi connectivity index (χ1) is 28.7. The van der Waals surface area contributed by atoms with E-state index in [1.807, 2.05) is 0 Å². The summed E-state index contributed by atoms with van der Waals surface area (Å²) in [4.78, 5) is 15.8. The van der Waals surface area contributed by atoms with Gasteiger partial charge in [-0.15, -0.1) is 0 Å². The van der Waals surface area contributed by atoms with Gasteiger partial charge in [0.25, 0.3) is 0 Å². The van der Waals surface area contributed by atoms with Crippen molar-refractivity contribution in [2.24, 2.45) is 0 Å². The van der Waals surface area contributed by atoms with Crippen molar-refractivity contribution in [3.05, 3.63) is 212 Å². The largest absolute Gasteiger partial charge is 0.208 e. The summed E-state index contributed by atoms with van der Waals surface area (Å²) in [5, 5.41) is 9.54. The molecule has 0 amide bonds. The van der Waals surface area contributed by atoms with Gasteiger partial charge in [0.2, 0.25) is 0 Å². The van der Waals surface area contributed by atoms with Gasteiger partial charge >= 0.3 is 0 Å². The number of hydrogen-bond donors (Lipinski definition) is 0. The minimum Gasteiger partial charge on any atom is -0.208 e. The van der Waals surface area contributed by atoms with E-state index in [0.29, 0.717) is 17.5 Å². The van der Waals surface area contributed by atoms with E-state index in [9.17, 15) is 0 Å². The Morgan fingerprint density at radius 1 is 0.207 bits per heavy atom. The number of rotatable bonds is 6. The SMILES string of the molecule is c1cc(-c2ccc(-c3cccc4ccccc34)cc2)cc(-c2nc(-c3cccc(-c4cccc5ccccc45)c3)nc(-c3cc4ccccc4c4ccccc34)n2)c1. The molecule has 0 aliphatic rings. The van der Waals surface area contributed by atoms with Crippen LogP contribution in [0.1, 0.15) is 0 Å². The van der Waals surface area contributed by atoms with Gasteiger partial charge in [0, 0.05) is 16.7 Å². The Hall–Kier alpha value is -7.75. The van der Waals surface area contributed by atoms with Crippen LogP contribution in [0.15, 0.2) is 212 Å². The number of benzene rings is 10. The fraction of sp³-hybridized carbons (Fsp3) is 0. The summed E-state index contributed by atoms with van der Waals surface area (Å²) < 4.78 is 0. The van der Waals surface area contributed by atoms with Crippen LogP contribution in [-0.4, -0.2) is 15.0 Å².